The van der Waals surface area contributed by atoms with E-state index in [4.69, 9.17) is 23.2 Å². The minimum absolute atomic E-state index is 0.0754. The van der Waals surface area contributed by atoms with Gasteiger partial charge >= 0.3 is 0 Å². The van der Waals surface area contributed by atoms with Crippen molar-refractivity contribution in [2.45, 2.75) is 23.8 Å². The minimum Gasteiger partial charge on any atom is -0.325 e. The van der Waals surface area contributed by atoms with Gasteiger partial charge in [0, 0.05) is 17.3 Å². The molecule has 5 nitrogen and oxygen atoms in total. The van der Waals surface area contributed by atoms with Gasteiger partial charge in [-0.05, 0) is 55.3 Å². The first-order chi connectivity index (χ1) is 12.3. The number of hydrogen-bond donors (Lipinski definition) is 1. The molecule has 1 N–H and O–H groups in total. The Hall–Kier alpha value is -1.67. The second kappa shape index (κ2) is 7.52. The fourth-order valence-electron chi connectivity index (χ4n) is 2.83. The lowest BCUT2D eigenvalue weighted by molar-refractivity contribution is -0.119. The van der Waals surface area contributed by atoms with Crippen molar-refractivity contribution in [2.75, 3.05) is 11.9 Å². The molecule has 2 aromatic carbocycles. The van der Waals surface area contributed by atoms with Gasteiger partial charge in [0.05, 0.1) is 9.92 Å². The lowest BCUT2D eigenvalue weighted by Crippen LogP contribution is -2.43. The zero-order valence-electron chi connectivity index (χ0n) is 13.5. The van der Waals surface area contributed by atoms with E-state index in [1.165, 1.54) is 40.7 Å². The van der Waals surface area contributed by atoms with Crippen LogP contribution in [0.2, 0.25) is 10.0 Å². The number of nitrogens with one attached hydrogen (secondary N) is 1. The molecule has 0 spiro atoms. The lowest BCUT2D eigenvalue weighted by Gasteiger charge is -2.23. The summed E-state index contributed by atoms with van der Waals surface area (Å²) in [5, 5.41) is 2.90. The molecule has 2 aromatic rings. The monoisotopic (exact) mass is 416 g/mol. The molecule has 1 aliphatic rings. The highest BCUT2D eigenvalue weighted by Crippen LogP contribution is 2.28. The predicted octanol–water partition coefficient (Wildman–Crippen LogP) is 3.92. The van der Waals surface area contributed by atoms with Crippen LogP contribution in [0.25, 0.3) is 0 Å². The molecule has 138 valence electrons. The third kappa shape index (κ3) is 3.86. The summed E-state index contributed by atoms with van der Waals surface area (Å²) in [5.74, 6) is -1.08. The molecule has 1 fully saturated rings. The third-order valence-electron chi connectivity index (χ3n) is 4.11. The van der Waals surface area contributed by atoms with Crippen LogP contribution in [0.15, 0.2) is 47.4 Å². The summed E-state index contributed by atoms with van der Waals surface area (Å²) < 4.78 is 40.1. The van der Waals surface area contributed by atoms with Crippen molar-refractivity contribution in [1.82, 2.24) is 4.31 Å². The molecular weight excluding hydrogens is 402 g/mol. The van der Waals surface area contributed by atoms with E-state index in [1.807, 2.05) is 0 Å². The number of nitrogens with zero attached hydrogens (tertiary/aromatic N) is 1. The van der Waals surface area contributed by atoms with Crippen molar-refractivity contribution < 1.29 is 17.6 Å². The third-order valence-corrected chi connectivity index (χ3v) is 6.58. The number of rotatable bonds is 4. The molecule has 1 atom stereocenters. The highest BCUT2D eigenvalue weighted by Gasteiger charge is 2.39. The van der Waals surface area contributed by atoms with Gasteiger partial charge in [0.25, 0.3) is 0 Å². The van der Waals surface area contributed by atoms with Gasteiger partial charge in [0.15, 0.2) is 0 Å². The second-order valence-corrected chi connectivity index (χ2v) is 8.58. The van der Waals surface area contributed by atoms with Gasteiger partial charge in [-0.2, -0.15) is 4.31 Å². The van der Waals surface area contributed by atoms with Crippen LogP contribution >= 0.6 is 23.2 Å². The van der Waals surface area contributed by atoms with Crippen LogP contribution in [0.1, 0.15) is 12.8 Å². The molecule has 9 heteroatoms. The summed E-state index contributed by atoms with van der Waals surface area (Å²) in [7, 11) is -3.83. The second-order valence-electron chi connectivity index (χ2n) is 5.85. The van der Waals surface area contributed by atoms with Crippen molar-refractivity contribution in [1.29, 1.82) is 0 Å². The molecule has 0 unspecified atom stereocenters. The molecule has 26 heavy (non-hydrogen) atoms. The number of halogens is 3. The van der Waals surface area contributed by atoms with Crippen LogP contribution in [-0.2, 0) is 14.8 Å². The van der Waals surface area contributed by atoms with E-state index in [0.717, 1.165) is 6.07 Å². The maximum atomic E-state index is 13.2. The summed E-state index contributed by atoms with van der Waals surface area (Å²) >= 11 is 11.5. The Morgan fingerprint density at radius 3 is 2.50 bits per heavy atom. The standard InChI is InChI=1S/C17H15Cl2FN2O3S/c18-11-3-6-13(7-4-11)26(24,25)22-9-1-2-16(22)17(23)21-12-5-8-15(20)14(19)10-12/h3-8,10,16H,1-2,9H2,(H,21,23)/t16-/m0/s1. The number of carbonyl (C=O) groups excluding carboxylic acids is 1. The van der Waals surface area contributed by atoms with Crippen molar-refractivity contribution in [2.24, 2.45) is 0 Å². The van der Waals surface area contributed by atoms with Gasteiger partial charge in [0.1, 0.15) is 11.9 Å². The number of anilines is 1. The van der Waals surface area contributed by atoms with Gasteiger partial charge in [0.2, 0.25) is 15.9 Å². The average molecular weight is 417 g/mol. The average Bonchev–Trinajstić information content (AvgIpc) is 3.09. The van der Waals surface area contributed by atoms with Crippen molar-refractivity contribution >= 4 is 44.8 Å². The van der Waals surface area contributed by atoms with Gasteiger partial charge in [-0.15, -0.1) is 0 Å². The highest BCUT2D eigenvalue weighted by atomic mass is 35.5. The molecule has 1 saturated heterocycles. The van der Waals surface area contributed by atoms with Gasteiger partial charge < -0.3 is 5.32 Å². The number of benzene rings is 2. The van der Waals surface area contributed by atoms with E-state index < -0.39 is 27.8 Å². The molecule has 0 aliphatic carbocycles. The zero-order valence-corrected chi connectivity index (χ0v) is 15.8. The van der Waals surface area contributed by atoms with Crippen molar-refractivity contribution in [3.8, 4) is 0 Å². The molecule has 1 heterocycles. The van der Waals surface area contributed by atoms with Gasteiger partial charge in [-0.25, -0.2) is 12.8 Å². The summed E-state index contributed by atoms with van der Waals surface area (Å²) in [6.45, 7) is 0.243. The molecule has 1 aliphatic heterocycles. The fourth-order valence-corrected chi connectivity index (χ4v) is 4.79. The first-order valence-electron chi connectivity index (χ1n) is 7.82. The molecule has 0 aromatic heterocycles. The Labute approximate surface area is 160 Å². The summed E-state index contributed by atoms with van der Waals surface area (Å²) in [5.41, 5.74) is 0.303. The maximum absolute atomic E-state index is 13.2. The number of carbonyl (C=O) groups is 1. The highest BCUT2D eigenvalue weighted by molar-refractivity contribution is 7.89. The zero-order chi connectivity index (χ0) is 18.9. The van der Waals surface area contributed by atoms with Crippen molar-refractivity contribution in [3.63, 3.8) is 0 Å². The van der Waals surface area contributed by atoms with Crippen LogP contribution in [0, 0.1) is 5.82 Å². The van der Waals surface area contributed by atoms with Gasteiger partial charge in [-0.3, -0.25) is 4.79 Å². The van der Waals surface area contributed by atoms with E-state index in [1.54, 1.807) is 0 Å². The first kappa shape index (κ1) is 19.1. The molecule has 0 radical (unpaired) electrons. The van der Waals surface area contributed by atoms with E-state index in [2.05, 4.69) is 5.32 Å². The van der Waals surface area contributed by atoms with Crippen LogP contribution in [0.3, 0.4) is 0 Å². The Balaban J connectivity index is 1.81. The lowest BCUT2D eigenvalue weighted by atomic mass is 10.2. The fraction of sp³-hybridized carbons (Fsp3) is 0.235. The Kier molecular flexibility index (Phi) is 5.53. The van der Waals surface area contributed by atoms with Crippen LogP contribution in [-0.4, -0.2) is 31.2 Å². The minimum atomic E-state index is -3.83. The number of hydrogen-bond acceptors (Lipinski definition) is 3. The molecule has 3 rings (SSSR count). The summed E-state index contributed by atoms with van der Waals surface area (Å²) in [6.07, 6.45) is 0.961. The Morgan fingerprint density at radius 2 is 1.85 bits per heavy atom. The van der Waals surface area contributed by atoms with Crippen LogP contribution in [0.5, 0.6) is 0 Å². The Bertz CT molecular complexity index is 936. The maximum Gasteiger partial charge on any atom is 0.243 e. The summed E-state index contributed by atoms with van der Waals surface area (Å²) in [6, 6.07) is 8.72. The topological polar surface area (TPSA) is 66.5 Å². The van der Waals surface area contributed by atoms with Crippen LogP contribution < -0.4 is 5.32 Å². The molecule has 0 saturated carbocycles. The normalized spacial score (nSPS) is 18.0. The summed E-state index contributed by atoms with van der Waals surface area (Å²) in [4.78, 5) is 12.7. The smallest absolute Gasteiger partial charge is 0.243 e. The Morgan fingerprint density at radius 1 is 1.15 bits per heavy atom. The number of amides is 1. The molecule has 1 amide bonds. The van der Waals surface area contributed by atoms with Crippen LogP contribution in [0.4, 0.5) is 10.1 Å². The molecular formula is C17H15Cl2FN2O3S. The van der Waals surface area contributed by atoms with Crippen molar-refractivity contribution in [3.05, 3.63) is 58.3 Å². The largest absolute Gasteiger partial charge is 0.325 e. The number of sulfonamides is 1. The van der Waals surface area contributed by atoms with E-state index in [9.17, 15) is 17.6 Å². The predicted molar refractivity (Wildman–Crippen MR) is 98.4 cm³/mol. The molecule has 0 bridgehead atoms. The van der Waals surface area contributed by atoms with E-state index in [-0.39, 0.29) is 16.5 Å². The van der Waals surface area contributed by atoms with E-state index >= 15 is 0 Å². The first-order valence-corrected chi connectivity index (χ1v) is 10.0. The SMILES string of the molecule is O=C(Nc1ccc(F)c(Cl)c1)[C@@H]1CCCN1S(=O)(=O)c1ccc(Cl)cc1. The van der Waals surface area contributed by atoms with Gasteiger partial charge in [-0.1, -0.05) is 23.2 Å². The quantitative estimate of drug-likeness (QED) is 0.820. The van der Waals surface area contributed by atoms with E-state index in [0.29, 0.717) is 23.6 Å².